The molecule has 0 saturated heterocycles. The first-order valence-corrected chi connectivity index (χ1v) is 9.67. The SMILES string of the molecule is COc1cc(-c2cc(F)c(CN3Cc4ncccc4C3=O)c(F)c2)c2cnn(C)c2c1. The largest absolute Gasteiger partial charge is 0.497 e. The predicted molar refractivity (Wildman–Crippen MR) is 110 cm³/mol. The summed E-state index contributed by atoms with van der Waals surface area (Å²) in [7, 11) is 3.32. The van der Waals surface area contributed by atoms with Crippen LogP contribution in [0.25, 0.3) is 22.0 Å². The van der Waals surface area contributed by atoms with Gasteiger partial charge in [0.25, 0.3) is 5.91 Å². The number of halogens is 2. The van der Waals surface area contributed by atoms with Gasteiger partial charge in [-0.25, -0.2) is 8.78 Å². The summed E-state index contributed by atoms with van der Waals surface area (Å²) in [5.74, 6) is -1.15. The van der Waals surface area contributed by atoms with Gasteiger partial charge in [0.1, 0.15) is 17.4 Å². The van der Waals surface area contributed by atoms with Gasteiger partial charge in [-0.2, -0.15) is 5.10 Å². The van der Waals surface area contributed by atoms with Gasteiger partial charge in [-0.1, -0.05) is 0 Å². The number of carbonyl (C=O) groups excluding carboxylic acids is 1. The van der Waals surface area contributed by atoms with Gasteiger partial charge in [-0.05, 0) is 41.5 Å². The average Bonchev–Trinajstić information content (AvgIpc) is 3.30. The van der Waals surface area contributed by atoms with Gasteiger partial charge in [0.05, 0.1) is 43.2 Å². The van der Waals surface area contributed by atoms with Gasteiger partial charge >= 0.3 is 0 Å². The minimum absolute atomic E-state index is 0.157. The number of hydrogen-bond acceptors (Lipinski definition) is 4. The molecular weight excluding hydrogens is 402 g/mol. The fraction of sp³-hybridized carbons (Fsp3) is 0.174. The van der Waals surface area contributed by atoms with Crippen LogP contribution in [0.3, 0.4) is 0 Å². The summed E-state index contributed by atoms with van der Waals surface area (Å²) in [6, 6.07) is 9.45. The highest BCUT2D eigenvalue weighted by molar-refractivity contribution is 5.98. The van der Waals surface area contributed by atoms with Crippen molar-refractivity contribution in [3.63, 3.8) is 0 Å². The van der Waals surface area contributed by atoms with Crippen LogP contribution in [0.5, 0.6) is 5.75 Å². The van der Waals surface area contributed by atoms with E-state index in [1.54, 1.807) is 42.3 Å². The minimum atomic E-state index is -0.716. The second-order valence-corrected chi connectivity index (χ2v) is 7.45. The summed E-state index contributed by atoms with van der Waals surface area (Å²) in [4.78, 5) is 18.1. The first kappa shape index (κ1) is 19.2. The number of aromatic nitrogens is 3. The van der Waals surface area contributed by atoms with Crippen LogP contribution in [0.1, 0.15) is 21.6 Å². The molecule has 0 bridgehead atoms. The second-order valence-electron chi connectivity index (χ2n) is 7.45. The van der Waals surface area contributed by atoms with E-state index in [4.69, 9.17) is 4.74 Å². The highest BCUT2D eigenvalue weighted by Gasteiger charge is 2.29. The monoisotopic (exact) mass is 420 g/mol. The molecule has 1 aliphatic rings. The maximum absolute atomic E-state index is 15.0. The normalized spacial score (nSPS) is 13.2. The molecule has 31 heavy (non-hydrogen) atoms. The zero-order chi connectivity index (χ0) is 21.7. The van der Waals surface area contributed by atoms with E-state index in [0.29, 0.717) is 28.1 Å². The van der Waals surface area contributed by atoms with Crippen molar-refractivity contribution in [3.8, 4) is 16.9 Å². The first-order chi connectivity index (χ1) is 15.0. The maximum Gasteiger partial charge on any atom is 0.256 e. The first-order valence-electron chi connectivity index (χ1n) is 9.67. The molecule has 0 saturated carbocycles. The molecule has 5 rings (SSSR count). The Morgan fingerprint density at radius 1 is 1.13 bits per heavy atom. The van der Waals surface area contributed by atoms with Crippen molar-refractivity contribution in [2.24, 2.45) is 7.05 Å². The average molecular weight is 420 g/mol. The third kappa shape index (κ3) is 3.11. The number of rotatable bonds is 4. The fourth-order valence-electron chi connectivity index (χ4n) is 3.99. The van der Waals surface area contributed by atoms with E-state index >= 15 is 8.78 Å². The van der Waals surface area contributed by atoms with Crippen LogP contribution in [0.2, 0.25) is 0 Å². The molecular formula is C23H18F2N4O2. The van der Waals surface area contributed by atoms with Crippen molar-refractivity contribution in [1.29, 1.82) is 0 Å². The summed E-state index contributed by atoms with van der Waals surface area (Å²) in [6.07, 6.45) is 3.25. The molecule has 156 valence electrons. The van der Waals surface area contributed by atoms with E-state index in [9.17, 15) is 4.79 Å². The topological polar surface area (TPSA) is 60.2 Å². The van der Waals surface area contributed by atoms with Crippen molar-refractivity contribution in [2.75, 3.05) is 7.11 Å². The van der Waals surface area contributed by atoms with Crippen LogP contribution in [0.4, 0.5) is 8.78 Å². The third-order valence-corrected chi connectivity index (χ3v) is 5.63. The van der Waals surface area contributed by atoms with Crippen LogP contribution < -0.4 is 4.74 Å². The number of pyridine rings is 1. The molecule has 8 heteroatoms. The van der Waals surface area contributed by atoms with Gasteiger partial charge < -0.3 is 9.64 Å². The van der Waals surface area contributed by atoms with Crippen LogP contribution in [-0.4, -0.2) is 32.7 Å². The van der Waals surface area contributed by atoms with Crippen LogP contribution in [-0.2, 0) is 20.1 Å². The van der Waals surface area contributed by atoms with Crippen LogP contribution in [0.15, 0.2) is 48.8 Å². The lowest BCUT2D eigenvalue weighted by Gasteiger charge is -2.17. The lowest BCUT2D eigenvalue weighted by atomic mass is 9.99. The molecule has 2 aromatic heterocycles. The Balaban J connectivity index is 1.53. The van der Waals surface area contributed by atoms with Gasteiger partial charge in [-0.3, -0.25) is 14.5 Å². The second kappa shape index (κ2) is 7.16. The number of nitrogens with zero attached hydrogens (tertiary/aromatic N) is 4. The van der Waals surface area contributed by atoms with E-state index in [1.807, 2.05) is 6.07 Å². The van der Waals surface area contributed by atoms with Gasteiger partial charge in [0.2, 0.25) is 0 Å². The Morgan fingerprint density at radius 2 is 1.90 bits per heavy atom. The molecule has 0 radical (unpaired) electrons. The zero-order valence-electron chi connectivity index (χ0n) is 16.9. The summed E-state index contributed by atoms with van der Waals surface area (Å²) in [6.45, 7) is 0.0510. The number of ether oxygens (including phenoxy) is 1. The van der Waals surface area contributed by atoms with E-state index in [2.05, 4.69) is 10.1 Å². The number of benzene rings is 2. The number of fused-ring (bicyclic) bond motifs is 2. The number of hydrogen-bond donors (Lipinski definition) is 0. The summed E-state index contributed by atoms with van der Waals surface area (Å²) in [5, 5.41) is 5.00. The molecule has 4 aromatic rings. The zero-order valence-corrected chi connectivity index (χ0v) is 16.9. The minimum Gasteiger partial charge on any atom is -0.497 e. The number of amides is 1. The van der Waals surface area contributed by atoms with Crippen molar-refractivity contribution in [2.45, 2.75) is 13.1 Å². The van der Waals surface area contributed by atoms with Crippen LogP contribution >= 0.6 is 0 Å². The molecule has 0 fully saturated rings. The molecule has 1 amide bonds. The smallest absolute Gasteiger partial charge is 0.256 e. The van der Waals surface area contributed by atoms with Gasteiger partial charge in [0, 0.05) is 30.3 Å². The highest BCUT2D eigenvalue weighted by atomic mass is 19.1. The van der Waals surface area contributed by atoms with Crippen molar-refractivity contribution >= 4 is 16.8 Å². The highest BCUT2D eigenvalue weighted by Crippen LogP contribution is 2.35. The standard InChI is InChI=1S/C23H18F2N4O2/c1-28-22-9-14(31-2)8-16(17(22)10-27-28)13-6-19(24)18(20(25)7-13)11-29-12-21-15(23(29)30)4-3-5-26-21/h3-10H,11-12H2,1-2H3. The molecule has 0 atom stereocenters. The summed E-state index contributed by atoms with van der Waals surface area (Å²) < 4.78 is 37.1. The summed E-state index contributed by atoms with van der Waals surface area (Å²) >= 11 is 0. The van der Waals surface area contributed by atoms with Crippen LogP contribution in [0, 0.1) is 11.6 Å². The van der Waals surface area contributed by atoms with Gasteiger partial charge in [0.15, 0.2) is 0 Å². The summed E-state index contributed by atoms with van der Waals surface area (Å²) in [5.41, 5.74) is 2.69. The number of carbonyl (C=O) groups is 1. The van der Waals surface area contributed by atoms with E-state index in [0.717, 1.165) is 10.9 Å². The Morgan fingerprint density at radius 3 is 2.61 bits per heavy atom. The van der Waals surface area contributed by atoms with E-state index < -0.39 is 11.6 Å². The number of methoxy groups -OCH3 is 1. The molecule has 0 N–H and O–H groups in total. The molecule has 2 aromatic carbocycles. The predicted octanol–water partition coefficient (Wildman–Crippen LogP) is 4.08. The Bertz CT molecular complexity index is 1330. The molecule has 0 spiro atoms. The molecule has 3 heterocycles. The Labute approximate surface area is 176 Å². The Kier molecular flexibility index (Phi) is 4.43. The molecule has 6 nitrogen and oxygen atoms in total. The fourth-order valence-corrected chi connectivity index (χ4v) is 3.99. The van der Waals surface area contributed by atoms with Crippen molar-refractivity contribution < 1.29 is 18.3 Å². The lowest BCUT2D eigenvalue weighted by molar-refractivity contribution is 0.0763. The van der Waals surface area contributed by atoms with Gasteiger partial charge in [-0.15, -0.1) is 0 Å². The third-order valence-electron chi connectivity index (χ3n) is 5.63. The van der Waals surface area contributed by atoms with E-state index in [-0.39, 0.29) is 24.6 Å². The van der Waals surface area contributed by atoms with Crippen molar-refractivity contribution in [3.05, 3.63) is 77.2 Å². The van der Waals surface area contributed by atoms with Crippen molar-refractivity contribution in [1.82, 2.24) is 19.7 Å². The molecule has 0 unspecified atom stereocenters. The molecule has 0 aliphatic carbocycles. The number of aryl methyl sites for hydroxylation is 1. The Hall–Kier alpha value is -3.81. The maximum atomic E-state index is 15.0. The quantitative estimate of drug-likeness (QED) is 0.499. The van der Waals surface area contributed by atoms with E-state index in [1.165, 1.54) is 24.1 Å². The lowest BCUT2D eigenvalue weighted by Crippen LogP contribution is -2.24. The molecule has 1 aliphatic heterocycles.